The minimum Gasteiger partial charge on any atom is -0.484 e. The Morgan fingerprint density at radius 3 is 2.71 bits per heavy atom. The van der Waals surface area contributed by atoms with Crippen LogP contribution in [0.1, 0.15) is 6.42 Å². The molecule has 2 amide bonds. The van der Waals surface area contributed by atoms with Crippen LogP contribution in [0, 0.1) is 0 Å². The number of hydrogen-bond donors (Lipinski definition) is 3. The Kier molecular flexibility index (Phi) is 4.35. The fraction of sp³-hybridized carbons (Fsp3) is 0.357. The number of carbonyl (C=O) groups excluding carboxylic acids is 2. The van der Waals surface area contributed by atoms with Gasteiger partial charge in [0.05, 0.1) is 17.7 Å². The summed E-state index contributed by atoms with van der Waals surface area (Å²) in [6.07, 6.45) is 0.171. The number of β-lactam (4-membered cyclic amide) rings is 1. The van der Waals surface area contributed by atoms with Gasteiger partial charge in [0, 0.05) is 0 Å². The predicted octanol–water partition coefficient (Wildman–Crippen LogP) is -0.126. The number of aliphatic carboxylic acids is 1. The van der Waals surface area contributed by atoms with Crippen LogP contribution >= 0.6 is 11.8 Å². The number of rotatable bonds is 5. The van der Waals surface area contributed by atoms with Crippen molar-refractivity contribution in [3.05, 3.63) is 30.3 Å². The number of hydroxylamine groups is 2. The monoisotopic (exact) mass is 353 g/mol. The number of carboxylic acid groups (broad SMARTS) is 1. The second kappa shape index (κ2) is 6.30. The molecule has 2 aliphatic heterocycles. The Balaban J connectivity index is 1.74. The summed E-state index contributed by atoms with van der Waals surface area (Å²) in [6.45, 7) is -0.452. The highest BCUT2D eigenvalue weighted by atomic mass is 32.2. The molecule has 2 aliphatic rings. The van der Waals surface area contributed by atoms with Crippen LogP contribution in [-0.2, 0) is 14.4 Å². The van der Waals surface area contributed by atoms with Crippen LogP contribution in [0.2, 0.25) is 0 Å². The molecule has 9 nitrogen and oxygen atoms in total. The third-order valence-electron chi connectivity index (χ3n) is 3.74. The molecule has 128 valence electrons. The summed E-state index contributed by atoms with van der Waals surface area (Å²) < 4.78 is 5.26. The highest BCUT2D eigenvalue weighted by Gasteiger charge is 2.62. The minimum absolute atomic E-state index is 0.0550. The third kappa shape index (κ3) is 2.68. The van der Waals surface area contributed by atoms with Gasteiger partial charge in [0.1, 0.15) is 5.75 Å². The van der Waals surface area contributed by atoms with E-state index in [9.17, 15) is 24.7 Å². The van der Waals surface area contributed by atoms with Gasteiger partial charge in [0.2, 0.25) is 5.91 Å². The molecule has 1 aromatic rings. The summed E-state index contributed by atoms with van der Waals surface area (Å²) in [4.78, 5) is 36.7. The first-order valence-electron chi connectivity index (χ1n) is 7.07. The molecule has 24 heavy (non-hydrogen) atoms. The van der Waals surface area contributed by atoms with Crippen molar-refractivity contribution in [2.45, 2.75) is 17.6 Å². The van der Waals surface area contributed by atoms with E-state index < -0.39 is 35.6 Å². The molecular weight excluding hydrogens is 338 g/mol. The molecule has 0 saturated carbocycles. The molecule has 3 rings (SSSR count). The predicted molar refractivity (Wildman–Crippen MR) is 81.8 cm³/mol. The molecule has 0 aliphatic carbocycles. The van der Waals surface area contributed by atoms with Crippen molar-refractivity contribution < 1.29 is 29.4 Å². The van der Waals surface area contributed by atoms with Gasteiger partial charge < -0.3 is 20.4 Å². The topological polar surface area (TPSA) is 119 Å². The van der Waals surface area contributed by atoms with E-state index in [1.807, 2.05) is 0 Å². The van der Waals surface area contributed by atoms with Crippen LogP contribution in [-0.4, -0.2) is 61.7 Å². The van der Waals surface area contributed by atoms with Crippen LogP contribution < -0.4 is 10.1 Å². The number of benzene rings is 1. The van der Waals surface area contributed by atoms with Gasteiger partial charge in [-0.3, -0.25) is 14.5 Å². The first-order valence-corrected chi connectivity index (χ1v) is 8.12. The molecule has 0 radical (unpaired) electrons. The minimum atomic E-state index is -2.32. The number of hydrogen-bond acceptors (Lipinski definition) is 7. The molecular formula is C14H15N3O6S. The Morgan fingerprint density at radius 2 is 2.08 bits per heavy atom. The second-order valence-corrected chi connectivity index (χ2v) is 6.38. The summed E-state index contributed by atoms with van der Waals surface area (Å²) in [5.74, 6) is -4.71. The standard InChI is InChI=1S/C14H15N3O6S/c18-10(7-23-9-4-2-1-3-5-9)15-14(13(20)21)16(22)8-24-12-6-11(19)17(12)14/h1-5,12,22H,6-8H2,(H,15,18)(H,20,21). The lowest BCUT2D eigenvalue weighted by molar-refractivity contribution is -0.253. The maximum Gasteiger partial charge on any atom is 0.369 e. The van der Waals surface area contributed by atoms with Crippen LogP contribution in [0.4, 0.5) is 0 Å². The number of carboxylic acids is 1. The van der Waals surface area contributed by atoms with E-state index in [2.05, 4.69) is 5.32 Å². The summed E-state index contributed by atoms with van der Waals surface area (Å²) in [5, 5.41) is 21.9. The van der Waals surface area contributed by atoms with Crippen molar-refractivity contribution in [3.8, 4) is 5.75 Å². The first kappa shape index (κ1) is 16.6. The highest BCUT2D eigenvalue weighted by Crippen LogP contribution is 2.41. The molecule has 2 atom stereocenters. The average Bonchev–Trinajstić information content (AvgIpc) is 2.55. The van der Waals surface area contributed by atoms with Crippen LogP contribution in [0.15, 0.2) is 30.3 Å². The molecule has 0 aromatic heterocycles. The highest BCUT2D eigenvalue weighted by molar-refractivity contribution is 7.99. The fourth-order valence-electron chi connectivity index (χ4n) is 2.57. The number of nitrogens with zero attached hydrogens (tertiary/aromatic N) is 2. The maximum absolute atomic E-state index is 12.1. The van der Waals surface area contributed by atoms with Crippen molar-refractivity contribution >= 4 is 29.5 Å². The molecule has 3 N–H and O–H groups in total. The maximum atomic E-state index is 12.1. The number of carbonyl (C=O) groups is 3. The molecule has 0 bridgehead atoms. The van der Waals surface area contributed by atoms with Crippen molar-refractivity contribution in [3.63, 3.8) is 0 Å². The van der Waals surface area contributed by atoms with Crippen LogP contribution in [0.3, 0.4) is 0 Å². The zero-order valence-corrected chi connectivity index (χ0v) is 13.2. The lowest BCUT2D eigenvalue weighted by Gasteiger charge is -2.55. The summed E-state index contributed by atoms with van der Waals surface area (Å²) in [7, 11) is 0. The number of para-hydroxylation sites is 1. The molecule has 2 saturated heterocycles. The van der Waals surface area contributed by atoms with Crippen LogP contribution in [0.25, 0.3) is 0 Å². The van der Waals surface area contributed by atoms with E-state index in [4.69, 9.17) is 4.74 Å². The summed E-state index contributed by atoms with van der Waals surface area (Å²) in [6, 6.07) is 8.52. The van der Waals surface area contributed by atoms with Gasteiger partial charge in [-0.25, -0.2) is 4.79 Å². The SMILES string of the molecule is O=C(COc1ccccc1)NC1(C(=O)O)N(O)CSC2CC(=O)N21. The van der Waals surface area contributed by atoms with E-state index in [-0.39, 0.29) is 12.3 Å². The second-order valence-electron chi connectivity index (χ2n) is 5.25. The zero-order chi connectivity index (χ0) is 17.3. The Labute approximate surface area is 141 Å². The lowest BCUT2D eigenvalue weighted by atomic mass is 10.1. The Hall–Kier alpha value is -2.30. The number of thioether (sulfide) groups is 1. The normalized spacial score (nSPS) is 26.3. The van der Waals surface area contributed by atoms with E-state index in [1.54, 1.807) is 30.3 Å². The number of fused-ring (bicyclic) bond motifs is 1. The smallest absolute Gasteiger partial charge is 0.369 e. The summed E-state index contributed by atoms with van der Waals surface area (Å²) in [5.41, 5.74) is 0. The zero-order valence-electron chi connectivity index (χ0n) is 12.4. The van der Waals surface area contributed by atoms with Crippen molar-refractivity contribution in [2.75, 3.05) is 12.5 Å². The first-order chi connectivity index (χ1) is 11.4. The third-order valence-corrected chi connectivity index (χ3v) is 4.90. The lowest BCUT2D eigenvalue weighted by Crippen LogP contribution is -2.81. The molecule has 2 fully saturated rings. The summed E-state index contributed by atoms with van der Waals surface area (Å²) >= 11 is 1.22. The van der Waals surface area contributed by atoms with Gasteiger partial charge in [0.15, 0.2) is 6.61 Å². The number of nitrogens with one attached hydrogen (secondary N) is 1. The molecule has 10 heteroatoms. The van der Waals surface area contributed by atoms with E-state index in [1.165, 1.54) is 11.8 Å². The van der Waals surface area contributed by atoms with Gasteiger partial charge in [0.25, 0.3) is 11.7 Å². The molecule has 2 unspecified atom stereocenters. The van der Waals surface area contributed by atoms with Crippen molar-refractivity contribution in [2.24, 2.45) is 0 Å². The van der Waals surface area contributed by atoms with E-state index in [0.29, 0.717) is 10.8 Å². The van der Waals surface area contributed by atoms with Gasteiger partial charge in [-0.15, -0.1) is 16.8 Å². The van der Waals surface area contributed by atoms with Gasteiger partial charge in [-0.1, -0.05) is 18.2 Å². The van der Waals surface area contributed by atoms with Crippen LogP contribution in [0.5, 0.6) is 5.75 Å². The van der Waals surface area contributed by atoms with Gasteiger partial charge in [-0.05, 0) is 12.1 Å². The number of amides is 2. The quantitative estimate of drug-likeness (QED) is 0.627. The largest absolute Gasteiger partial charge is 0.484 e. The molecule has 2 heterocycles. The average molecular weight is 353 g/mol. The van der Waals surface area contributed by atoms with Crippen molar-refractivity contribution in [1.82, 2.24) is 15.3 Å². The van der Waals surface area contributed by atoms with Crippen molar-refractivity contribution in [1.29, 1.82) is 0 Å². The molecule has 0 spiro atoms. The van der Waals surface area contributed by atoms with Gasteiger partial charge >= 0.3 is 5.97 Å². The Bertz CT molecular complexity index is 672. The molecule has 1 aromatic carbocycles. The van der Waals surface area contributed by atoms with Gasteiger partial charge in [-0.2, -0.15) is 0 Å². The fourth-order valence-corrected chi connectivity index (χ4v) is 3.75. The van der Waals surface area contributed by atoms with E-state index in [0.717, 1.165) is 4.90 Å². The Morgan fingerprint density at radius 1 is 1.38 bits per heavy atom. The number of ether oxygens (including phenoxy) is 1. The van der Waals surface area contributed by atoms with E-state index >= 15 is 0 Å².